The summed E-state index contributed by atoms with van der Waals surface area (Å²) in [6, 6.07) is 19.3. The summed E-state index contributed by atoms with van der Waals surface area (Å²) in [6.45, 7) is 3.96. The summed E-state index contributed by atoms with van der Waals surface area (Å²) in [5.74, 6) is -4.77. The molecule has 9 rings (SSSR count). The number of carbonyl (C=O) groups is 4. The second-order valence-electron chi connectivity index (χ2n) is 20.1. The molecule has 0 aromatic heterocycles. The van der Waals surface area contributed by atoms with E-state index < -0.39 is 60.8 Å². The van der Waals surface area contributed by atoms with Crippen molar-refractivity contribution in [3.63, 3.8) is 0 Å². The Morgan fingerprint density at radius 1 is 0.957 bits per heavy atom. The number of hydrogen-bond acceptors (Lipinski definition) is 9. The number of halogens is 4. The lowest BCUT2D eigenvalue weighted by Gasteiger charge is -2.47. The highest BCUT2D eigenvalue weighted by molar-refractivity contribution is 8.01. The Morgan fingerprint density at radius 2 is 1.67 bits per heavy atom. The predicted molar refractivity (Wildman–Crippen MR) is 253 cm³/mol. The minimum Gasteiger partial charge on any atom is -0.465 e. The van der Waals surface area contributed by atoms with Gasteiger partial charge in [-0.1, -0.05) is 67.6 Å². The zero-order chi connectivity index (χ0) is 48.8. The smallest absolute Gasteiger partial charge is 0.391 e. The average Bonchev–Trinajstić information content (AvgIpc) is 3.59. The minimum atomic E-state index is -4.50. The van der Waals surface area contributed by atoms with Crippen molar-refractivity contribution in [2.24, 2.45) is 5.92 Å². The van der Waals surface area contributed by atoms with Gasteiger partial charge in [-0.2, -0.15) is 13.2 Å². The summed E-state index contributed by atoms with van der Waals surface area (Å²) in [5.41, 5.74) is 1.59. The Labute approximate surface area is 405 Å². The standard InChI is InChI=1S/C51H62F4N5O7PS/c1-4-23-66-49(64)31(2)57-68(65,67-40-13-9-6-10-14-40)45(52)33-15-20-43-34(24-33)25-44(69-43)46(61)56-41-18-16-37(58(3)39-26-36(27-39)51(53,54)55)28-38-17-19-42(60(38)47(41)62)48(63)59-30-35(29-50(59)21-22-50)32-11-7-5-8-12-32/h5-15,20,24,31,35-39,41-42,44-45H,4,16-19,21-23,25-30H2,1-3H3,(H,56,61)(H,57,65)/t31-,35+,36?,37-,38+,39?,41-,42-,44?,45+,68+/m0/s1. The topological polar surface area (TPSA) is 138 Å². The van der Waals surface area contributed by atoms with Gasteiger partial charge in [0.25, 0.3) is 0 Å². The van der Waals surface area contributed by atoms with Crippen LogP contribution in [0.2, 0.25) is 0 Å². The molecule has 12 nitrogen and oxygen atoms in total. The first kappa shape index (κ1) is 49.5. The molecule has 69 heavy (non-hydrogen) atoms. The van der Waals surface area contributed by atoms with Crippen LogP contribution in [0.5, 0.6) is 5.75 Å². The lowest BCUT2D eigenvalue weighted by Crippen LogP contribution is -2.60. The number of nitrogens with zero attached hydrogens (tertiary/aromatic N) is 3. The Kier molecular flexibility index (Phi) is 14.3. The summed E-state index contributed by atoms with van der Waals surface area (Å²) in [6.07, 6.45) is 1.41. The van der Waals surface area contributed by atoms with Gasteiger partial charge in [0.15, 0.2) is 0 Å². The van der Waals surface area contributed by atoms with Gasteiger partial charge in [-0.05, 0) is 126 Å². The van der Waals surface area contributed by atoms with E-state index in [0.717, 1.165) is 19.3 Å². The molecule has 4 aliphatic heterocycles. The number of hydrogen-bond donors (Lipinski definition) is 2. The number of thioether (sulfide) groups is 1. The first-order chi connectivity index (χ1) is 33.0. The molecular weight excluding hydrogens is 934 g/mol. The van der Waals surface area contributed by atoms with Crippen molar-refractivity contribution in [1.29, 1.82) is 0 Å². The molecule has 3 aromatic carbocycles. The normalized spacial score (nSPS) is 29.0. The monoisotopic (exact) mass is 995 g/mol. The third-order valence-corrected chi connectivity index (χ3v) is 18.9. The van der Waals surface area contributed by atoms with Crippen molar-refractivity contribution in [3.8, 4) is 5.75 Å². The van der Waals surface area contributed by atoms with Gasteiger partial charge in [0.2, 0.25) is 23.6 Å². The van der Waals surface area contributed by atoms with E-state index in [0.29, 0.717) is 49.1 Å². The number of carbonyl (C=O) groups excluding carboxylic acids is 4. The molecule has 3 saturated heterocycles. The number of amides is 3. The molecule has 3 aromatic rings. The van der Waals surface area contributed by atoms with E-state index in [1.807, 2.05) is 42.0 Å². The van der Waals surface area contributed by atoms with Crippen LogP contribution in [0.1, 0.15) is 113 Å². The molecule has 1 spiro atoms. The van der Waals surface area contributed by atoms with Gasteiger partial charge in [0.05, 0.1) is 17.8 Å². The lowest BCUT2D eigenvalue weighted by atomic mass is 9.77. The van der Waals surface area contributed by atoms with Crippen LogP contribution in [-0.2, 0) is 34.9 Å². The van der Waals surface area contributed by atoms with Gasteiger partial charge in [0, 0.05) is 41.0 Å². The van der Waals surface area contributed by atoms with Crippen molar-refractivity contribution in [3.05, 3.63) is 95.6 Å². The van der Waals surface area contributed by atoms with E-state index in [1.54, 1.807) is 35.2 Å². The number of rotatable bonds is 15. The van der Waals surface area contributed by atoms with E-state index in [1.165, 1.54) is 42.4 Å². The Hall–Kier alpha value is -4.44. The van der Waals surface area contributed by atoms with Gasteiger partial charge >= 0.3 is 19.7 Å². The first-order valence-electron chi connectivity index (χ1n) is 24.5. The summed E-state index contributed by atoms with van der Waals surface area (Å²) < 4.78 is 83.1. The van der Waals surface area contributed by atoms with E-state index >= 15 is 4.39 Å². The molecule has 2 aliphatic carbocycles. The quantitative estimate of drug-likeness (QED) is 0.0862. The number of para-hydroxylation sites is 1. The highest BCUT2D eigenvalue weighted by Gasteiger charge is 2.59. The molecule has 2 N–H and O–H groups in total. The van der Waals surface area contributed by atoms with Crippen molar-refractivity contribution < 1.29 is 50.6 Å². The van der Waals surface area contributed by atoms with Crippen molar-refractivity contribution >= 4 is 43.0 Å². The molecule has 18 heteroatoms. The Morgan fingerprint density at radius 3 is 2.35 bits per heavy atom. The first-order valence-corrected chi connectivity index (χ1v) is 27.0. The molecular formula is C51H62F4N5O7PS. The van der Waals surface area contributed by atoms with E-state index in [4.69, 9.17) is 9.26 Å². The van der Waals surface area contributed by atoms with E-state index in [2.05, 4.69) is 22.5 Å². The van der Waals surface area contributed by atoms with Crippen LogP contribution >= 0.6 is 19.3 Å². The molecule has 4 heterocycles. The second kappa shape index (κ2) is 20.0. The Bertz CT molecular complexity index is 2430. The summed E-state index contributed by atoms with van der Waals surface area (Å²) >= 11 is 1.27. The molecule has 0 bridgehead atoms. The number of ether oxygens (including phenoxy) is 1. The fourth-order valence-electron chi connectivity index (χ4n) is 11.3. The molecule has 6 aliphatic rings. The molecule has 372 valence electrons. The van der Waals surface area contributed by atoms with Gasteiger partial charge < -0.3 is 29.3 Å². The molecule has 3 amide bonds. The van der Waals surface area contributed by atoms with E-state index in [-0.39, 0.29) is 85.0 Å². The maximum Gasteiger partial charge on any atom is 0.391 e. The number of benzene rings is 3. The van der Waals surface area contributed by atoms with Crippen LogP contribution in [0.3, 0.4) is 0 Å². The van der Waals surface area contributed by atoms with Gasteiger partial charge in [-0.3, -0.25) is 23.7 Å². The highest BCUT2D eigenvalue weighted by atomic mass is 32.2. The zero-order valence-electron chi connectivity index (χ0n) is 39.2. The van der Waals surface area contributed by atoms with Gasteiger partial charge in [-0.25, -0.2) is 9.48 Å². The Balaban J connectivity index is 0.923. The number of nitrogens with one attached hydrogen (secondary N) is 2. The van der Waals surface area contributed by atoms with Crippen LogP contribution in [0, 0.1) is 5.92 Å². The fraction of sp³-hybridized carbons (Fsp3) is 0.569. The average molecular weight is 996 g/mol. The number of esters is 1. The zero-order valence-corrected chi connectivity index (χ0v) is 41.0. The third kappa shape index (κ3) is 10.3. The van der Waals surface area contributed by atoms with E-state index in [9.17, 15) is 36.9 Å². The van der Waals surface area contributed by atoms with Crippen LogP contribution in [0.25, 0.3) is 0 Å². The number of alkyl halides is 4. The molecule has 1 unspecified atom stereocenters. The summed E-state index contributed by atoms with van der Waals surface area (Å²) in [5, 5.41) is 4.94. The molecule has 2 saturated carbocycles. The predicted octanol–water partition coefficient (Wildman–Crippen LogP) is 9.09. The molecule has 9 atom stereocenters. The van der Waals surface area contributed by atoms with Crippen LogP contribution in [0.4, 0.5) is 17.6 Å². The van der Waals surface area contributed by atoms with Crippen molar-refractivity contribution in [2.75, 3.05) is 20.2 Å². The van der Waals surface area contributed by atoms with Crippen LogP contribution < -0.4 is 14.9 Å². The molecule has 0 radical (unpaired) electrons. The fourth-order valence-corrected chi connectivity index (χ4v) is 14.4. The maximum atomic E-state index is 16.8. The lowest BCUT2D eigenvalue weighted by molar-refractivity contribution is -0.207. The van der Waals surface area contributed by atoms with Crippen LogP contribution in [-0.4, -0.2) is 112 Å². The van der Waals surface area contributed by atoms with Crippen molar-refractivity contribution in [2.45, 2.75) is 161 Å². The summed E-state index contributed by atoms with van der Waals surface area (Å²) in [4.78, 5) is 63.4. The highest BCUT2D eigenvalue weighted by Crippen LogP contribution is 2.59. The van der Waals surface area contributed by atoms with Crippen molar-refractivity contribution in [1.82, 2.24) is 25.1 Å². The largest absolute Gasteiger partial charge is 0.465 e. The second-order valence-corrected chi connectivity index (χ2v) is 23.4. The maximum absolute atomic E-state index is 16.8. The van der Waals surface area contributed by atoms with Crippen LogP contribution in [0.15, 0.2) is 83.8 Å². The number of likely N-dealkylation sites (tertiary alicyclic amines) is 1. The minimum absolute atomic E-state index is 0.00988. The number of fused-ring (bicyclic) bond motifs is 2. The third-order valence-electron chi connectivity index (χ3n) is 15.5. The molecule has 5 fully saturated rings. The van der Waals surface area contributed by atoms with Gasteiger partial charge in [-0.15, -0.1) is 11.8 Å². The summed E-state index contributed by atoms with van der Waals surface area (Å²) in [7, 11) is -2.64. The van der Waals surface area contributed by atoms with Gasteiger partial charge in [0.1, 0.15) is 23.9 Å². The SMILES string of the molecule is CCCOC(=O)[C@H](C)N[P@](=O)(Oc1ccccc1)[C@@H](F)c1ccc2c(c1)CC(C(=O)N[C@H]1CC[C@H](N(C)C3CC(C(F)(F)F)C3)C[C@H]3CC[C@@H](C(=O)N4C[C@H](c5ccccc5)CC45CC5)N3C1=O)S2.